The second-order valence-electron chi connectivity index (χ2n) is 23.6. The Morgan fingerprint density at radius 1 is 0.459 bits per heavy atom. The first-order chi connectivity index (χ1) is 34.5. The van der Waals surface area contributed by atoms with Gasteiger partial charge < -0.3 is 40.7 Å². The number of carbonyl (C=O) groups is 2. The second kappa shape index (κ2) is 20.8. The van der Waals surface area contributed by atoms with Crippen LogP contribution in [0.3, 0.4) is 0 Å². The molecular formula is C60H72N4O10. The number of amides is 2. The van der Waals surface area contributed by atoms with Crippen LogP contribution in [-0.2, 0) is 47.3 Å². The molecule has 6 N–H and O–H groups in total. The number of aromatic hydroxyl groups is 2. The van der Waals surface area contributed by atoms with Crippen LogP contribution in [0.4, 0.5) is 0 Å². The third-order valence-electron chi connectivity index (χ3n) is 13.6. The Labute approximate surface area is 433 Å². The average molecular weight is 1010 g/mol. The van der Waals surface area contributed by atoms with E-state index in [-0.39, 0.29) is 96.5 Å². The number of phenolic OH excluding ortho intramolecular Hbond substituents is 2. The fourth-order valence-corrected chi connectivity index (χ4v) is 9.14. The van der Waals surface area contributed by atoms with E-state index in [9.17, 15) is 39.8 Å². The summed E-state index contributed by atoms with van der Waals surface area (Å²) in [5, 5.41) is 51.4. The maximum atomic E-state index is 13.2. The molecule has 0 radical (unpaired) electrons. The summed E-state index contributed by atoms with van der Waals surface area (Å²) in [5.74, 6) is -0.00955. The standard InChI is InChI=1S/C60H72N4O10/c1-57(2,3)43-27-35-23-39-31-45(59(7,8)9)33-41(53(39)73-21-19-61-55(69)47-15-13-17-49(65)63(47)71)25-37-29-44(58(4,5)6)30-38(52(37)68)26-42-34-46(60(10,11)12)32-40(24-36(28-43)51(35)67)54(42)74-22-20-62-56(70)48-16-14-18-50(66)64(48)72/h13-18,27-34,67-68,71-72H,19-26H2,1-12H3,(H,61,69)(H,62,70). The molecule has 0 atom stereocenters. The molecular weight excluding hydrogens is 937 g/mol. The molecule has 0 saturated carbocycles. The van der Waals surface area contributed by atoms with Gasteiger partial charge in [0.15, 0.2) is 0 Å². The number of rotatable bonds is 10. The van der Waals surface area contributed by atoms with Gasteiger partial charge in [-0.3, -0.25) is 19.2 Å². The third-order valence-corrected chi connectivity index (χ3v) is 13.6. The summed E-state index contributed by atoms with van der Waals surface area (Å²) in [6.07, 6.45) is 1.00. The van der Waals surface area contributed by atoms with Gasteiger partial charge in [0.1, 0.15) is 47.6 Å². The molecule has 1 aliphatic rings. The van der Waals surface area contributed by atoms with Crippen molar-refractivity contribution in [1.29, 1.82) is 0 Å². The Kier molecular flexibility index (Phi) is 15.3. The SMILES string of the molecule is CC(C)(C)c1cc2c(O)c(c1)Cc1cc(C(C)(C)C)cc(c1OCCNC(=O)c1cccc(=O)n1O)Cc1cc(C(C)(C)C)cc(c1O)Cc1cc(C(C)(C)C)cc(c1OCCNC(=O)c1cccc(=O)n1O)C2. The number of hydrogen-bond donors (Lipinski definition) is 6. The van der Waals surface area contributed by atoms with E-state index in [1.165, 1.54) is 24.3 Å². The first-order valence-electron chi connectivity index (χ1n) is 25.2. The minimum Gasteiger partial charge on any atom is -0.507 e. The molecule has 7 rings (SSSR count). The molecule has 1 aliphatic carbocycles. The lowest BCUT2D eigenvalue weighted by Crippen LogP contribution is -2.33. The van der Waals surface area contributed by atoms with E-state index in [0.29, 0.717) is 43.2 Å². The maximum Gasteiger partial charge on any atom is 0.283 e. The smallest absolute Gasteiger partial charge is 0.283 e. The number of nitrogens with zero attached hydrogens (tertiary/aromatic N) is 2. The van der Waals surface area contributed by atoms with Crippen molar-refractivity contribution >= 4 is 11.8 Å². The number of pyridine rings is 2. The van der Waals surface area contributed by atoms with Crippen molar-refractivity contribution in [1.82, 2.24) is 20.1 Å². The molecule has 14 heteroatoms. The van der Waals surface area contributed by atoms with Crippen molar-refractivity contribution in [3.05, 3.63) is 184 Å². The van der Waals surface area contributed by atoms with Crippen LogP contribution in [0.25, 0.3) is 0 Å². The minimum absolute atomic E-state index is 0.00754. The topological polar surface area (TPSA) is 202 Å². The molecule has 4 aromatic carbocycles. The molecule has 74 heavy (non-hydrogen) atoms. The van der Waals surface area contributed by atoms with Crippen molar-refractivity contribution in [2.24, 2.45) is 0 Å². The maximum absolute atomic E-state index is 13.2. The van der Waals surface area contributed by atoms with Gasteiger partial charge >= 0.3 is 0 Å². The first-order valence-corrected chi connectivity index (χ1v) is 25.2. The van der Waals surface area contributed by atoms with Crippen LogP contribution < -0.4 is 31.2 Å². The van der Waals surface area contributed by atoms with Crippen molar-refractivity contribution in [3.8, 4) is 23.0 Å². The normalized spacial score (nSPS) is 13.0. The van der Waals surface area contributed by atoms with Crippen molar-refractivity contribution in [2.75, 3.05) is 26.3 Å². The number of fused-ring (bicyclic) bond motifs is 8. The highest BCUT2D eigenvalue weighted by Gasteiger charge is 2.29. The van der Waals surface area contributed by atoms with E-state index in [0.717, 1.165) is 56.6 Å². The predicted octanol–water partition coefficient (Wildman–Crippen LogP) is 9.38. The van der Waals surface area contributed by atoms with Gasteiger partial charge in [-0.2, -0.15) is 0 Å². The van der Waals surface area contributed by atoms with Crippen molar-refractivity contribution in [2.45, 2.75) is 130 Å². The number of carbonyl (C=O) groups excluding carboxylic acids is 2. The third kappa shape index (κ3) is 12.1. The molecule has 6 aromatic rings. The van der Waals surface area contributed by atoms with Crippen LogP contribution in [0, 0.1) is 0 Å². The fraction of sp³-hybridized carbons (Fsp3) is 0.400. The van der Waals surface area contributed by atoms with Gasteiger partial charge in [-0.1, -0.05) is 144 Å². The van der Waals surface area contributed by atoms with E-state index in [1.807, 2.05) is 24.3 Å². The van der Waals surface area contributed by atoms with E-state index in [1.54, 1.807) is 0 Å². The second-order valence-corrected chi connectivity index (χ2v) is 23.6. The van der Waals surface area contributed by atoms with Crippen molar-refractivity contribution in [3.63, 3.8) is 0 Å². The van der Waals surface area contributed by atoms with Crippen molar-refractivity contribution < 1.29 is 39.7 Å². The van der Waals surface area contributed by atoms with Gasteiger partial charge in [-0.05, 0) is 101 Å². The van der Waals surface area contributed by atoms with Gasteiger partial charge in [-0.15, -0.1) is 9.46 Å². The number of hydrogen-bond acceptors (Lipinski definition) is 10. The Bertz CT molecular complexity index is 2930. The monoisotopic (exact) mass is 1010 g/mol. The summed E-state index contributed by atoms with van der Waals surface area (Å²) in [6, 6.07) is 24.4. The number of benzene rings is 4. The lowest BCUT2D eigenvalue weighted by atomic mass is 9.79. The Morgan fingerprint density at radius 2 is 0.716 bits per heavy atom. The largest absolute Gasteiger partial charge is 0.507 e. The molecule has 392 valence electrons. The summed E-state index contributed by atoms with van der Waals surface area (Å²) >= 11 is 0. The number of nitrogens with one attached hydrogen (secondary N) is 2. The predicted molar refractivity (Wildman–Crippen MR) is 287 cm³/mol. The molecule has 0 aliphatic heterocycles. The molecule has 0 saturated heterocycles. The highest BCUT2D eigenvalue weighted by atomic mass is 16.5. The Hall–Kier alpha value is -7.48. The van der Waals surface area contributed by atoms with Gasteiger partial charge in [0.2, 0.25) is 0 Å². The zero-order valence-corrected chi connectivity index (χ0v) is 44.9. The molecule has 0 unspecified atom stereocenters. The zero-order chi connectivity index (χ0) is 54.2. The molecule has 0 spiro atoms. The number of phenols is 2. The summed E-state index contributed by atoms with van der Waals surface area (Å²) in [4.78, 5) is 50.6. The molecule has 2 aromatic heterocycles. The van der Waals surface area contributed by atoms with Crippen LogP contribution >= 0.6 is 0 Å². The van der Waals surface area contributed by atoms with E-state index < -0.39 is 22.9 Å². The van der Waals surface area contributed by atoms with Crippen LogP contribution in [0.2, 0.25) is 0 Å². The lowest BCUT2D eigenvalue weighted by molar-refractivity contribution is 0.0876. The van der Waals surface area contributed by atoms with E-state index >= 15 is 0 Å². The summed E-state index contributed by atoms with van der Waals surface area (Å²) in [7, 11) is 0. The first kappa shape index (κ1) is 54.3. The van der Waals surface area contributed by atoms with Crippen LogP contribution in [0.5, 0.6) is 23.0 Å². The van der Waals surface area contributed by atoms with Gasteiger partial charge in [0.05, 0.1) is 13.1 Å². The zero-order valence-electron chi connectivity index (χ0n) is 44.9. The van der Waals surface area contributed by atoms with Crippen LogP contribution in [-0.4, -0.2) is 68.2 Å². The van der Waals surface area contributed by atoms with Crippen LogP contribution in [0.1, 0.15) is 171 Å². The summed E-state index contributed by atoms with van der Waals surface area (Å²) in [6.45, 7) is 25.7. The molecule has 8 bridgehead atoms. The summed E-state index contributed by atoms with van der Waals surface area (Å²) in [5.41, 5.74) is 6.59. The van der Waals surface area contributed by atoms with E-state index in [2.05, 4.69) is 118 Å². The minimum atomic E-state index is -0.737. The van der Waals surface area contributed by atoms with E-state index in [4.69, 9.17) is 9.47 Å². The number of aromatic nitrogens is 2. The Balaban J connectivity index is 1.42. The van der Waals surface area contributed by atoms with Crippen LogP contribution in [0.15, 0.2) is 94.5 Å². The average Bonchev–Trinajstić information content (AvgIpc) is 3.30. The molecule has 14 nitrogen and oxygen atoms in total. The Morgan fingerprint density at radius 3 is 0.973 bits per heavy atom. The lowest BCUT2D eigenvalue weighted by Gasteiger charge is -2.28. The highest BCUT2D eigenvalue weighted by molar-refractivity contribution is 5.92. The summed E-state index contributed by atoms with van der Waals surface area (Å²) < 4.78 is 14.1. The highest BCUT2D eigenvalue weighted by Crippen LogP contribution is 2.44. The van der Waals surface area contributed by atoms with Gasteiger partial charge in [-0.25, -0.2) is 0 Å². The molecule has 2 amide bonds. The van der Waals surface area contributed by atoms with Gasteiger partial charge in [0, 0.05) is 37.8 Å². The quantitative estimate of drug-likeness (QED) is 0.0566. The fourth-order valence-electron chi connectivity index (χ4n) is 9.14. The van der Waals surface area contributed by atoms with Gasteiger partial charge in [0.25, 0.3) is 22.9 Å². The number of ether oxygens (including phenoxy) is 2. The molecule has 2 heterocycles. The molecule has 0 fully saturated rings.